The van der Waals surface area contributed by atoms with E-state index in [1.165, 1.54) is 27.9 Å². The summed E-state index contributed by atoms with van der Waals surface area (Å²) in [5.74, 6) is -3.16. The van der Waals surface area contributed by atoms with E-state index in [4.69, 9.17) is 52.1 Å². The van der Waals surface area contributed by atoms with Crippen LogP contribution in [0.15, 0.2) is 0 Å². The Morgan fingerprint density at radius 2 is 0.652 bits per heavy atom. The molecule has 38 heteroatoms. The highest BCUT2D eigenvalue weighted by Crippen LogP contribution is 2.26. The first-order valence-electron chi connectivity index (χ1n) is 39.2. The van der Waals surface area contributed by atoms with Crippen molar-refractivity contribution in [1.29, 1.82) is 0 Å². The summed E-state index contributed by atoms with van der Waals surface area (Å²) in [6.45, 7) is 1.62. The molecule has 0 saturated carbocycles. The third-order valence-electron chi connectivity index (χ3n) is 18.5. The monoisotopic (exact) mass is 1610 g/mol. The maximum absolute atomic E-state index is 13.8. The van der Waals surface area contributed by atoms with E-state index in [0.29, 0.717) is 116 Å². The number of ether oxygens (including phenoxy) is 11. The lowest BCUT2D eigenvalue weighted by Crippen LogP contribution is -2.64. The van der Waals surface area contributed by atoms with Gasteiger partial charge in [-0.05, 0) is 83.5 Å². The maximum Gasteiger partial charge on any atom is 0.246 e. The third-order valence-corrected chi connectivity index (χ3v) is 18.5. The normalized spacial score (nSPS) is 24.2. The van der Waals surface area contributed by atoms with Gasteiger partial charge in [-0.25, -0.2) is 0 Å². The molecule has 0 aromatic rings. The number of ketones is 4. The van der Waals surface area contributed by atoms with Crippen molar-refractivity contribution in [2.75, 3.05) is 126 Å². The molecule has 3 heterocycles. The molecule has 3 aliphatic rings. The minimum absolute atomic E-state index is 0.00106. The molecule has 3 fully saturated rings. The Morgan fingerprint density at radius 3 is 1.02 bits per heavy atom. The van der Waals surface area contributed by atoms with Crippen LogP contribution in [0, 0.1) is 0 Å². The van der Waals surface area contributed by atoms with Crippen LogP contribution in [-0.2, 0) is 105 Å². The Labute approximate surface area is 654 Å². The molecule has 0 aliphatic carbocycles. The zero-order valence-corrected chi connectivity index (χ0v) is 65.6. The molecule has 38 nitrogen and oxygen atoms in total. The number of Topliss-reactive ketones (excluding diaryl/α,β-unsaturated/α-hetero) is 4. The Morgan fingerprint density at radius 1 is 0.330 bits per heavy atom. The summed E-state index contributed by atoms with van der Waals surface area (Å²) in [5, 5.41) is 110. The number of methoxy groups -OCH3 is 1. The summed E-state index contributed by atoms with van der Waals surface area (Å²) < 4.78 is 62.7. The molecular formula is C74H129N7O31. The van der Waals surface area contributed by atoms with Gasteiger partial charge in [-0.1, -0.05) is 12.8 Å². The lowest BCUT2D eigenvalue weighted by molar-refractivity contribution is -0.270. The predicted octanol–water partition coefficient (Wildman–Crippen LogP) is -3.19. The number of carbonyl (C=O) groups is 11. The number of aliphatic hydroxyl groups excluding tert-OH is 9. The van der Waals surface area contributed by atoms with Gasteiger partial charge in [0.25, 0.3) is 0 Å². The Hall–Kier alpha value is -5.83. The van der Waals surface area contributed by atoms with Gasteiger partial charge in [0, 0.05) is 138 Å². The van der Waals surface area contributed by atoms with Crippen LogP contribution in [0.4, 0.5) is 0 Å². The van der Waals surface area contributed by atoms with E-state index in [1.54, 1.807) is 0 Å². The molecule has 646 valence electrons. The fourth-order valence-corrected chi connectivity index (χ4v) is 12.3. The number of aliphatic hydroxyl groups is 9. The van der Waals surface area contributed by atoms with Crippen molar-refractivity contribution >= 4 is 64.5 Å². The molecule has 16 N–H and O–H groups in total. The first-order chi connectivity index (χ1) is 53.7. The summed E-state index contributed by atoms with van der Waals surface area (Å²) >= 11 is 0. The Kier molecular flexibility index (Phi) is 52.8. The van der Waals surface area contributed by atoms with Crippen molar-refractivity contribution < 1.29 is 151 Å². The molecule has 6 unspecified atom stereocenters. The van der Waals surface area contributed by atoms with E-state index < -0.39 is 148 Å². The van der Waals surface area contributed by atoms with Gasteiger partial charge in [0.1, 0.15) is 115 Å². The molecular weight excluding hydrogens is 1480 g/mol. The second-order valence-electron chi connectivity index (χ2n) is 28.4. The predicted molar refractivity (Wildman–Crippen MR) is 394 cm³/mol. The van der Waals surface area contributed by atoms with Crippen molar-refractivity contribution in [2.24, 2.45) is 0 Å². The van der Waals surface area contributed by atoms with Crippen molar-refractivity contribution in [3.8, 4) is 0 Å². The second-order valence-corrected chi connectivity index (χ2v) is 28.4. The average molecular weight is 1610 g/mol. The number of hydrogen-bond acceptors (Lipinski definition) is 31. The minimum atomic E-state index is -1.46. The fraction of sp³-hybridized carbons (Fsp3) is 0.851. The number of unbranched alkanes of at least 4 members (excludes halogenated alkanes) is 8. The topological polar surface area (TPSA) is 556 Å². The summed E-state index contributed by atoms with van der Waals surface area (Å²) in [6.07, 6.45) is -6.61. The molecule has 0 radical (unpaired) electrons. The first kappa shape index (κ1) is 100. The van der Waals surface area contributed by atoms with Crippen molar-refractivity contribution in [2.45, 2.75) is 279 Å². The van der Waals surface area contributed by atoms with Crippen LogP contribution in [0.5, 0.6) is 0 Å². The zero-order valence-electron chi connectivity index (χ0n) is 65.6. The molecule has 0 aromatic heterocycles. The molecule has 7 amide bonds. The number of nitrogens with one attached hydrogen (secondary N) is 7. The average Bonchev–Trinajstić information content (AvgIpc) is 0.811. The van der Waals surface area contributed by atoms with Crippen LogP contribution in [0.25, 0.3) is 0 Å². The molecule has 0 spiro atoms. The lowest BCUT2D eigenvalue weighted by Gasteiger charge is -2.42. The van der Waals surface area contributed by atoms with E-state index in [0.717, 1.165) is 0 Å². The molecule has 0 aromatic carbocycles. The quantitative estimate of drug-likeness (QED) is 0.0267. The van der Waals surface area contributed by atoms with E-state index in [2.05, 4.69) is 37.2 Å². The molecule has 112 heavy (non-hydrogen) atoms. The van der Waals surface area contributed by atoms with Gasteiger partial charge in [-0.15, -0.1) is 0 Å². The van der Waals surface area contributed by atoms with Crippen LogP contribution in [-0.4, -0.2) is 334 Å². The second kappa shape index (κ2) is 58.9. The van der Waals surface area contributed by atoms with Crippen molar-refractivity contribution in [3.63, 3.8) is 0 Å². The molecule has 3 rings (SSSR count). The first-order valence-corrected chi connectivity index (χ1v) is 39.2. The highest BCUT2D eigenvalue weighted by atomic mass is 16.7. The number of amides is 7. The third kappa shape index (κ3) is 42.2. The number of hydrogen-bond donors (Lipinski definition) is 16. The lowest BCUT2D eigenvalue weighted by atomic mass is 9.97. The van der Waals surface area contributed by atoms with Gasteiger partial charge < -0.3 is 135 Å². The number of rotatable bonds is 65. The molecule has 3 aliphatic heterocycles. The summed E-state index contributed by atoms with van der Waals surface area (Å²) in [6, 6.07) is -3.25. The zero-order chi connectivity index (χ0) is 82.6. The van der Waals surface area contributed by atoms with Crippen LogP contribution < -0.4 is 37.2 Å². The van der Waals surface area contributed by atoms with Crippen molar-refractivity contribution in [1.82, 2.24) is 37.2 Å². The van der Waals surface area contributed by atoms with Gasteiger partial charge in [-0.3, -0.25) is 52.7 Å². The minimum Gasteiger partial charge on any atom is -0.394 e. The molecule has 15 atom stereocenters. The van der Waals surface area contributed by atoms with Crippen LogP contribution in [0.3, 0.4) is 0 Å². The maximum atomic E-state index is 13.8. The molecule has 3 saturated heterocycles. The highest BCUT2D eigenvalue weighted by Gasteiger charge is 2.48. The molecule has 0 bridgehead atoms. The highest BCUT2D eigenvalue weighted by molar-refractivity contribution is 5.81. The van der Waals surface area contributed by atoms with Gasteiger partial charge in [0.15, 0.2) is 18.9 Å². The largest absolute Gasteiger partial charge is 0.394 e. The number of carbonyl (C=O) groups excluding carboxylic acids is 11. The van der Waals surface area contributed by atoms with Crippen LogP contribution in [0.1, 0.15) is 181 Å². The standard InChI is InChI=1S/C74H129N7O31/c1-48(85)78-62-68(99)65(96)55(40-82)110-71(62)107-34-15-11-24-51(88)20-7-5-9-22-53(90)27-37-104-45-74(81-61(95)44-103-33-18-14-30-77-60(94)43-102-4,46-105-38-28-54(91)23-10-6-8-21-52(89)25-12-16-35-108-72-63(79-49(2)86)69(100)66(97)56(41-83)111-72)47-106-39-29-59(93)76-32-19-31-75-58(92)26-13-17-36-109-73-64(80-50(3)87)70(101)67(98)57(42-84)112-73/h55-57,62-73,82-84,96-101H,5-47H2,1-4H3,(H,75,92)(H,76,93)(H,77,94)(H,78,85)(H,79,86)(H,80,87)(H,81,95)/t55?,56?,57?,62-,63-,64-,65-,66-,67-,68?,69?,70?,71+,72+,73+,74?/m0/s1. The van der Waals surface area contributed by atoms with Gasteiger partial charge in [0.2, 0.25) is 41.4 Å². The fourth-order valence-electron chi connectivity index (χ4n) is 12.3. The SMILES string of the molecule is COCC(=O)NCCCCOCC(=O)NC(COCCC(=O)CCCCCC(=O)CCCCO[C@@H]1OC(CO)[C@H](O)C(O)[C@@H]1NC(C)=O)(COCCC(=O)CCCCCC(=O)CCCCO[C@@H]1OC(CO)[C@H](O)C(O)[C@@H]1NC(C)=O)COCCC(=O)NCCCNC(=O)CCCCO[C@@H]1OC(CO)[C@H](O)C(O)[C@@H]1NC(C)=O. The summed E-state index contributed by atoms with van der Waals surface area (Å²) in [4.78, 5) is 138. The van der Waals surface area contributed by atoms with E-state index in [-0.39, 0.29) is 178 Å². The summed E-state index contributed by atoms with van der Waals surface area (Å²) in [5.41, 5.74) is -1.46. The smallest absolute Gasteiger partial charge is 0.246 e. The summed E-state index contributed by atoms with van der Waals surface area (Å²) in [7, 11) is 1.40. The van der Waals surface area contributed by atoms with Crippen LogP contribution in [0.2, 0.25) is 0 Å². The van der Waals surface area contributed by atoms with Gasteiger partial charge >= 0.3 is 0 Å². The Balaban J connectivity index is 1.55. The van der Waals surface area contributed by atoms with Crippen LogP contribution >= 0.6 is 0 Å². The van der Waals surface area contributed by atoms with Gasteiger partial charge in [-0.2, -0.15) is 0 Å². The van der Waals surface area contributed by atoms with E-state index in [1.807, 2.05) is 0 Å². The van der Waals surface area contributed by atoms with Gasteiger partial charge in [0.05, 0.1) is 59.5 Å². The van der Waals surface area contributed by atoms with E-state index >= 15 is 0 Å². The Bertz CT molecular complexity index is 2500. The van der Waals surface area contributed by atoms with Crippen molar-refractivity contribution in [3.05, 3.63) is 0 Å². The van der Waals surface area contributed by atoms with E-state index in [9.17, 15) is 98.7 Å².